The van der Waals surface area contributed by atoms with Crippen molar-refractivity contribution in [1.82, 2.24) is 4.90 Å². The zero-order valence-electron chi connectivity index (χ0n) is 10.4. The molecule has 1 fully saturated rings. The quantitative estimate of drug-likeness (QED) is 0.827. The zero-order valence-corrected chi connectivity index (χ0v) is 14.4. The first-order valence-electron chi connectivity index (χ1n) is 5.81. The van der Waals surface area contributed by atoms with E-state index in [-0.39, 0.29) is 24.4 Å². The maximum atomic E-state index is 12.0. The molecule has 1 aromatic heterocycles. The Morgan fingerprint density at radius 2 is 2.16 bits per heavy atom. The van der Waals surface area contributed by atoms with Crippen molar-refractivity contribution < 1.29 is 14.7 Å². The van der Waals surface area contributed by atoms with E-state index in [4.69, 9.17) is 0 Å². The van der Waals surface area contributed by atoms with Gasteiger partial charge in [-0.1, -0.05) is 0 Å². The number of carbonyl (C=O) groups excluding carboxylic acids is 1. The number of thiophene rings is 1. The molecular formula is C12H13Br2NO3S. The van der Waals surface area contributed by atoms with E-state index in [1.165, 1.54) is 11.3 Å². The summed E-state index contributed by atoms with van der Waals surface area (Å²) in [5.74, 6) is -1.68. The van der Waals surface area contributed by atoms with E-state index in [1.54, 1.807) is 4.90 Å². The first-order chi connectivity index (χ1) is 8.82. The van der Waals surface area contributed by atoms with Crippen LogP contribution in [0.5, 0.6) is 0 Å². The molecule has 7 heteroatoms. The van der Waals surface area contributed by atoms with Crippen molar-refractivity contribution in [3.05, 3.63) is 19.2 Å². The minimum Gasteiger partial charge on any atom is -0.481 e. The fraction of sp³-hybridized carbons (Fsp3) is 0.500. The highest BCUT2D eigenvalue weighted by molar-refractivity contribution is 9.13. The number of amides is 1. The third kappa shape index (κ3) is 2.73. The summed E-state index contributed by atoms with van der Waals surface area (Å²) in [6.45, 7) is 3.82. The molecule has 1 aliphatic heterocycles. The number of carboxylic acid groups (broad SMARTS) is 1. The number of carboxylic acids is 1. The van der Waals surface area contributed by atoms with Gasteiger partial charge in [0.05, 0.1) is 15.7 Å². The van der Waals surface area contributed by atoms with Crippen LogP contribution in [0.25, 0.3) is 0 Å². The number of likely N-dealkylation sites (tertiary alicyclic amines) is 1. The van der Waals surface area contributed by atoms with Crippen molar-refractivity contribution in [2.24, 2.45) is 5.92 Å². The summed E-state index contributed by atoms with van der Waals surface area (Å²) < 4.78 is 1.80. The van der Waals surface area contributed by atoms with Crippen LogP contribution in [0.3, 0.4) is 0 Å². The van der Waals surface area contributed by atoms with E-state index in [0.29, 0.717) is 0 Å². The van der Waals surface area contributed by atoms with E-state index >= 15 is 0 Å². The summed E-state index contributed by atoms with van der Waals surface area (Å²) in [5.41, 5.74) is 0. The van der Waals surface area contributed by atoms with Gasteiger partial charge in [-0.2, -0.15) is 0 Å². The van der Waals surface area contributed by atoms with Crippen molar-refractivity contribution in [2.75, 3.05) is 0 Å². The van der Waals surface area contributed by atoms with Crippen LogP contribution in [0, 0.1) is 5.92 Å². The van der Waals surface area contributed by atoms with Crippen molar-refractivity contribution in [2.45, 2.75) is 32.4 Å². The van der Waals surface area contributed by atoms with Crippen molar-refractivity contribution >= 4 is 55.1 Å². The molecule has 1 aliphatic rings. The molecule has 0 saturated carbocycles. The van der Waals surface area contributed by atoms with Crippen LogP contribution >= 0.6 is 43.2 Å². The van der Waals surface area contributed by atoms with Gasteiger partial charge in [0.15, 0.2) is 0 Å². The molecular weight excluding hydrogens is 398 g/mol. The number of hydrogen-bond donors (Lipinski definition) is 1. The van der Waals surface area contributed by atoms with Gasteiger partial charge < -0.3 is 10.0 Å². The summed E-state index contributed by atoms with van der Waals surface area (Å²) in [5, 5.41) is 9.34. The van der Waals surface area contributed by atoms with Gasteiger partial charge in [-0.15, -0.1) is 11.3 Å². The van der Waals surface area contributed by atoms with Gasteiger partial charge in [-0.05, 0) is 51.8 Å². The minimum absolute atomic E-state index is 0.0125. The molecule has 4 nitrogen and oxygen atoms in total. The lowest BCUT2D eigenvalue weighted by Gasteiger charge is -2.29. The Bertz CT molecular complexity index is 510. The number of hydrogen-bond acceptors (Lipinski definition) is 3. The van der Waals surface area contributed by atoms with Crippen LogP contribution < -0.4 is 0 Å². The number of aliphatic carboxylic acids is 1. The van der Waals surface area contributed by atoms with Crippen LogP contribution in [0.4, 0.5) is 0 Å². The molecule has 1 aromatic rings. The normalized spacial score (nSPS) is 23.4. The zero-order chi connectivity index (χ0) is 14.3. The van der Waals surface area contributed by atoms with Crippen molar-refractivity contribution in [3.8, 4) is 0 Å². The van der Waals surface area contributed by atoms with E-state index in [2.05, 4.69) is 31.9 Å². The monoisotopic (exact) mass is 409 g/mol. The second-order valence-corrected chi connectivity index (χ2v) is 8.01. The lowest BCUT2D eigenvalue weighted by atomic mass is 9.99. The summed E-state index contributed by atoms with van der Waals surface area (Å²) >= 11 is 8.29. The van der Waals surface area contributed by atoms with Gasteiger partial charge >= 0.3 is 5.97 Å². The van der Waals surface area contributed by atoms with Gasteiger partial charge in [0, 0.05) is 21.8 Å². The van der Waals surface area contributed by atoms with Crippen LogP contribution in [0.1, 0.15) is 31.2 Å². The molecule has 0 radical (unpaired) electrons. The van der Waals surface area contributed by atoms with Crippen LogP contribution in [0.15, 0.2) is 14.3 Å². The van der Waals surface area contributed by atoms with Crippen LogP contribution in [-0.2, 0) is 9.59 Å². The highest BCUT2D eigenvalue weighted by Gasteiger charge is 2.46. The van der Waals surface area contributed by atoms with Crippen LogP contribution in [-0.4, -0.2) is 27.9 Å². The van der Waals surface area contributed by atoms with Crippen molar-refractivity contribution in [1.29, 1.82) is 0 Å². The molecule has 1 saturated heterocycles. The highest BCUT2D eigenvalue weighted by Crippen LogP contribution is 2.45. The molecule has 1 N–H and O–H groups in total. The SMILES string of the molecule is CC(C)N1C(=O)CC(C(=O)O)C1c1cc(Br)c(Br)s1. The topological polar surface area (TPSA) is 57.6 Å². The second-order valence-electron chi connectivity index (χ2n) is 4.76. The van der Waals surface area contributed by atoms with Crippen LogP contribution in [0.2, 0.25) is 0 Å². The summed E-state index contributed by atoms with van der Waals surface area (Å²) in [4.78, 5) is 26.0. The average molecular weight is 411 g/mol. The Balaban J connectivity index is 2.46. The molecule has 0 aliphatic carbocycles. The van der Waals surface area contributed by atoms with Gasteiger partial charge in [-0.3, -0.25) is 9.59 Å². The number of nitrogens with zero attached hydrogens (tertiary/aromatic N) is 1. The minimum atomic E-state index is -0.915. The van der Waals surface area contributed by atoms with Gasteiger partial charge in [0.2, 0.25) is 5.91 Å². The predicted octanol–water partition coefficient (Wildman–Crippen LogP) is 3.66. The third-order valence-corrected chi connectivity index (χ3v) is 6.52. The van der Waals surface area contributed by atoms with Gasteiger partial charge in [-0.25, -0.2) is 0 Å². The maximum Gasteiger partial charge on any atom is 0.309 e. The molecule has 0 spiro atoms. The Kier molecular flexibility index (Phi) is 4.37. The molecule has 2 rings (SSSR count). The number of carbonyl (C=O) groups is 2. The largest absolute Gasteiger partial charge is 0.481 e. The predicted molar refractivity (Wildman–Crippen MR) is 80.2 cm³/mol. The summed E-state index contributed by atoms with van der Waals surface area (Å²) in [7, 11) is 0. The number of rotatable bonds is 3. The molecule has 2 atom stereocenters. The van der Waals surface area contributed by atoms with Gasteiger partial charge in [0.25, 0.3) is 0 Å². The summed E-state index contributed by atoms with van der Waals surface area (Å²) in [6.07, 6.45) is 0.0747. The Morgan fingerprint density at radius 1 is 1.53 bits per heavy atom. The standard InChI is InChI=1S/C12H13Br2NO3S/c1-5(2)15-9(16)3-6(12(17)18)10(15)8-4-7(13)11(14)19-8/h4-6,10H,3H2,1-2H3,(H,17,18). The Labute approximate surface area is 132 Å². The van der Waals surface area contributed by atoms with Gasteiger partial charge in [0.1, 0.15) is 0 Å². The molecule has 104 valence electrons. The Morgan fingerprint density at radius 3 is 2.58 bits per heavy atom. The van der Waals surface area contributed by atoms with Crippen molar-refractivity contribution in [3.63, 3.8) is 0 Å². The molecule has 1 amide bonds. The fourth-order valence-corrected chi connectivity index (χ4v) is 4.69. The number of halogens is 2. The average Bonchev–Trinajstić information content (AvgIpc) is 2.80. The van der Waals surface area contributed by atoms with E-state index in [1.807, 2.05) is 19.9 Å². The molecule has 0 aromatic carbocycles. The van der Waals surface area contributed by atoms with E-state index < -0.39 is 11.9 Å². The summed E-state index contributed by atoms with van der Waals surface area (Å²) in [6, 6.07) is 1.50. The molecule has 19 heavy (non-hydrogen) atoms. The lowest BCUT2D eigenvalue weighted by molar-refractivity contribution is -0.142. The maximum absolute atomic E-state index is 12.0. The van der Waals surface area contributed by atoms with E-state index in [9.17, 15) is 14.7 Å². The Hall–Kier alpha value is -0.400. The fourth-order valence-electron chi connectivity index (χ4n) is 2.43. The molecule has 0 bridgehead atoms. The first-order valence-corrected chi connectivity index (χ1v) is 8.22. The first kappa shape index (κ1) is 15.0. The second kappa shape index (κ2) is 5.54. The highest BCUT2D eigenvalue weighted by atomic mass is 79.9. The lowest BCUT2D eigenvalue weighted by Crippen LogP contribution is -2.35. The molecule has 2 heterocycles. The molecule has 2 unspecified atom stereocenters. The smallest absolute Gasteiger partial charge is 0.309 e. The van der Waals surface area contributed by atoms with E-state index in [0.717, 1.165) is 13.1 Å². The third-order valence-electron chi connectivity index (χ3n) is 3.19.